The largest absolute Gasteiger partial charge is 0.459 e. The SMILES string of the molecule is C=CCOC12Oc3ccc(Oc4ccc(SC)cc4)cc3C3C(CCCCO)C(CCCCO)C=C(C(=NOCc4ccc([N+](=O)[O-])cc4)CC1N(CCOCCO)C(=O)CCCCCCCCCCC)C32. The molecule has 0 saturated heterocycles. The van der Waals surface area contributed by atoms with Crippen molar-refractivity contribution in [2.24, 2.45) is 22.9 Å². The third-order valence-electron chi connectivity index (χ3n) is 14.4. The number of ether oxygens (including phenoxy) is 4. The fourth-order valence-corrected chi connectivity index (χ4v) is 11.3. The number of rotatable bonds is 34. The van der Waals surface area contributed by atoms with Crippen LogP contribution in [0.25, 0.3) is 0 Å². The normalized spacial score (nSPS) is 21.5. The highest BCUT2D eigenvalue weighted by Crippen LogP contribution is 2.62. The van der Waals surface area contributed by atoms with E-state index in [9.17, 15) is 25.4 Å². The Morgan fingerprint density at radius 2 is 1.58 bits per heavy atom. The summed E-state index contributed by atoms with van der Waals surface area (Å²) in [6, 6.07) is 19.4. The van der Waals surface area contributed by atoms with Crippen molar-refractivity contribution in [3.63, 3.8) is 0 Å². The second-order valence-electron chi connectivity index (χ2n) is 19.2. The molecule has 3 aromatic rings. The molecule has 72 heavy (non-hydrogen) atoms. The van der Waals surface area contributed by atoms with Gasteiger partial charge in [0.25, 0.3) is 5.69 Å². The number of nitrogens with zero attached hydrogens (tertiary/aromatic N) is 3. The number of non-ortho nitro benzene ring substituents is 1. The summed E-state index contributed by atoms with van der Waals surface area (Å²) < 4.78 is 27.1. The van der Waals surface area contributed by atoms with Gasteiger partial charge in [-0.2, -0.15) is 0 Å². The molecule has 3 aromatic carbocycles. The summed E-state index contributed by atoms with van der Waals surface area (Å²) in [5.41, 5.74) is 3.15. The molecule has 1 fully saturated rings. The molecule has 1 aliphatic heterocycles. The predicted molar refractivity (Wildman–Crippen MR) is 283 cm³/mol. The van der Waals surface area contributed by atoms with Crippen molar-refractivity contribution in [1.82, 2.24) is 4.90 Å². The summed E-state index contributed by atoms with van der Waals surface area (Å²) in [6.45, 7) is 6.94. The zero-order valence-corrected chi connectivity index (χ0v) is 43.5. The van der Waals surface area contributed by atoms with Gasteiger partial charge in [0.15, 0.2) is 0 Å². The van der Waals surface area contributed by atoms with Crippen LogP contribution in [-0.2, 0) is 25.7 Å². The van der Waals surface area contributed by atoms with Gasteiger partial charge < -0.3 is 44.0 Å². The molecule has 6 atom stereocenters. The van der Waals surface area contributed by atoms with Gasteiger partial charge in [-0.05, 0) is 116 Å². The van der Waals surface area contributed by atoms with Crippen molar-refractivity contribution in [3.8, 4) is 17.2 Å². The summed E-state index contributed by atoms with van der Waals surface area (Å²) in [5.74, 6) is -0.326. The molecule has 394 valence electrons. The van der Waals surface area contributed by atoms with Crippen molar-refractivity contribution in [2.75, 3.05) is 52.4 Å². The molecular formula is C57H79N3O11S. The number of oxime groups is 1. The van der Waals surface area contributed by atoms with Crippen molar-refractivity contribution >= 4 is 29.1 Å². The van der Waals surface area contributed by atoms with Gasteiger partial charge in [0.05, 0.1) is 43.0 Å². The van der Waals surface area contributed by atoms with Gasteiger partial charge in [-0.25, -0.2) is 0 Å². The number of aliphatic hydroxyl groups is 3. The van der Waals surface area contributed by atoms with E-state index in [1.165, 1.54) is 44.2 Å². The van der Waals surface area contributed by atoms with E-state index in [0.29, 0.717) is 47.8 Å². The topological polar surface area (TPSA) is 183 Å². The number of carbonyl (C=O) groups is 1. The number of allylic oxidation sites excluding steroid dienone is 1. The summed E-state index contributed by atoms with van der Waals surface area (Å²) in [6.07, 6.45) is 21.0. The fraction of sp³-hybridized carbons (Fsp3) is 0.579. The third-order valence-corrected chi connectivity index (χ3v) is 15.1. The molecule has 6 rings (SSSR count). The van der Waals surface area contributed by atoms with E-state index in [4.69, 9.17) is 28.9 Å². The second-order valence-corrected chi connectivity index (χ2v) is 20.1. The number of carbonyl (C=O) groups excluding carboxylic acids is 1. The highest BCUT2D eigenvalue weighted by Gasteiger charge is 2.65. The van der Waals surface area contributed by atoms with E-state index < -0.39 is 22.7 Å². The Balaban J connectivity index is 1.49. The van der Waals surface area contributed by atoms with Crippen LogP contribution in [0.2, 0.25) is 0 Å². The smallest absolute Gasteiger partial charge is 0.269 e. The zero-order chi connectivity index (χ0) is 51.1. The first-order valence-electron chi connectivity index (χ1n) is 26.4. The van der Waals surface area contributed by atoms with Gasteiger partial charge in [-0.15, -0.1) is 18.3 Å². The van der Waals surface area contributed by atoms with Crippen LogP contribution in [0.5, 0.6) is 17.2 Å². The first kappa shape index (κ1) is 56.5. The first-order chi connectivity index (χ1) is 35.2. The highest BCUT2D eigenvalue weighted by molar-refractivity contribution is 7.98. The number of hydrogen-bond donors (Lipinski definition) is 3. The molecule has 3 N–H and O–H groups in total. The van der Waals surface area contributed by atoms with Gasteiger partial charge in [0.1, 0.15) is 29.9 Å². The lowest BCUT2D eigenvalue weighted by atomic mass is 9.55. The van der Waals surface area contributed by atoms with E-state index in [-0.39, 0.29) is 88.6 Å². The van der Waals surface area contributed by atoms with Crippen LogP contribution in [0.1, 0.15) is 133 Å². The third kappa shape index (κ3) is 15.2. The Morgan fingerprint density at radius 3 is 2.25 bits per heavy atom. The molecule has 0 bridgehead atoms. The van der Waals surface area contributed by atoms with Crippen LogP contribution >= 0.6 is 11.8 Å². The minimum absolute atomic E-state index is 0.00880. The van der Waals surface area contributed by atoms with E-state index in [1.807, 2.05) is 47.6 Å². The molecule has 3 aliphatic rings. The molecule has 1 heterocycles. The summed E-state index contributed by atoms with van der Waals surface area (Å²) in [5, 5.41) is 46.2. The average molecular weight is 1010 g/mol. The standard InChI is InChI=1S/C57H79N3O11S/c1-4-6-7-8-9-10-11-12-13-20-54(64)59(31-36-67-37-34-63)53-40-51(58-69-41-42-21-23-44(24-22-42)60(65)66)49-38-43(18-14-16-32-61)48(19-15-17-33-62)55-50-39-46(70-45-25-28-47(72-3)29-26-45)27-30-52(50)71-57(53,56(49)55)68-35-5-2/h5,21-30,38-39,43,48,53,55-56,61-63H,2,4,6-20,31-37,40-41H2,1,3H3. The van der Waals surface area contributed by atoms with Crippen LogP contribution < -0.4 is 9.47 Å². The highest BCUT2D eigenvalue weighted by atomic mass is 32.2. The maximum Gasteiger partial charge on any atom is 0.269 e. The van der Waals surface area contributed by atoms with Crippen molar-refractivity contribution in [3.05, 3.63) is 112 Å². The van der Waals surface area contributed by atoms with Crippen molar-refractivity contribution in [2.45, 2.75) is 145 Å². The van der Waals surface area contributed by atoms with E-state index >= 15 is 4.79 Å². The average Bonchev–Trinajstić information content (AvgIpc) is 3.39. The summed E-state index contributed by atoms with van der Waals surface area (Å²) in [4.78, 5) is 35.3. The summed E-state index contributed by atoms with van der Waals surface area (Å²) >= 11 is 1.66. The Hall–Kier alpha value is -4.77. The van der Waals surface area contributed by atoms with Crippen LogP contribution in [0.4, 0.5) is 5.69 Å². The monoisotopic (exact) mass is 1010 g/mol. The molecule has 1 saturated carbocycles. The van der Waals surface area contributed by atoms with Gasteiger partial charge in [0, 0.05) is 61.1 Å². The van der Waals surface area contributed by atoms with Gasteiger partial charge in [0.2, 0.25) is 11.7 Å². The number of unbranched alkanes of at least 4 members (excludes halogenated alkanes) is 10. The quantitative estimate of drug-likeness (QED) is 0.0169. The molecule has 0 radical (unpaired) electrons. The Bertz CT molecular complexity index is 2200. The van der Waals surface area contributed by atoms with Crippen molar-refractivity contribution in [1.29, 1.82) is 0 Å². The maximum atomic E-state index is 15.1. The molecule has 6 unspecified atom stereocenters. The van der Waals surface area contributed by atoms with Crippen LogP contribution in [0.15, 0.2) is 101 Å². The maximum absolute atomic E-state index is 15.1. The summed E-state index contributed by atoms with van der Waals surface area (Å²) in [7, 11) is 0. The lowest BCUT2D eigenvalue weighted by Gasteiger charge is -2.60. The zero-order valence-electron chi connectivity index (χ0n) is 42.6. The Morgan fingerprint density at radius 1 is 0.889 bits per heavy atom. The molecule has 2 aliphatic carbocycles. The molecule has 0 spiro atoms. The van der Waals surface area contributed by atoms with Crippen LogP contribution in [0.3, 0.4) is 0 Å². The molecule has 15 heteroatoms. The number of amides is 1. The number of nitro benzene ring substituents is 1. The minimum atomic E-state index is -1.46. The Kier molecular flexibility index (Phi) is 23.4. The number of hydrogen-bond acceptors (Lipinski definition) is 13. The predicted octanol–water partition coefficient (Wildman–Crippen LogP) is 11.7. The molecule has 1 amide bonds. The van der Waals surface area contributed by atoms with E-state index in [2.05, 4.69) is 25.6 Å². The number of benzene rings is 3. The van der Waals surface area contributed by atoms with Crippen LogP contribution in [0, 0.1) is 27.9 Å². The number of fused-ring (bicyclic) bond motifs is 2. The molecule has 0 aromatic heterocycles. The van der Waals surface area contributed by atoms with Gasteiger partial charge in [-0.1, -0.05) is 88.4 Å². The Labute approximate surface area is 431 Å². The van der Waals surface area contributed by atoms with Crippen molar-refractivity contribution < 1.29 is 48.8 Å². The first-order valence-corrected chi connectivity index (χ1v) is 27.7. The molecular weight excluding hydrogens is 935 g/mol. The second kappa shape index (κ2) is 29.8. The lowest BCUT2D eigenvalue weighted by molar-refractivity contribution is -0.384. The molecule has 14 nitrogen and oxygen atoms in total. The minimum Gasteiger partial charge on any atom is -0.459 e. The van der Waals surface area contributed by atoms with Gasteiger partial charge >= 0.3 is 0 Å². The number of thioether (sulfide) groups is 1. The van der Waals surface area contributed by atoms with Gasteiger partial charge in [-0.3, -0.25) is 14.9 Å². The fourth-order valence-electron chi connectivity index (χ4n) is 10.9. The number of aliphatic hydroxyl groups excluding tert-OH is 3. The number of nitro groups is 1. The lowest BCUT2D eigenvalue weighted by Crippen LogP contribution is -2.70. The van der Waals surface area contributed by atoms with Crippen LogP contribution in [-0.4, -0.2) is 101 Å². The van der Waals surface area contributed by atoms with E-state index in [0.717, 1.165) is 67.4 Å². The van der Waals surface area contributed by atoms with E-state index in [1.54, 1.807) is 30.0 Å².